The molecular formula is C10H16N2O3S. The molecule has 0 saturated carbocycles. The number of unbranched alkanes of at least 4 members (excludes halogenated alkanes) is 1. The van der Waals surface area contributed by atoms with Crippen molar-refractivity contribution >= 4 is 10.0 Å². The molecule has 0 fully saturated rings. The first-order valence-corrected chi connectivity index (χ1v) is 6.76. The number of aliphatic hydroxyl groups is 1. The summed E-state index contributed by atoms with van der Waals surface area (Å²) in [6.07, 6.45) is 4.24. The van der Waals surface area contributed by atoms with Crippen molar-refractivity contribution in [3.05, 3.63) is 30.1 Å². The first-order chi connectivity index (χ1) is 7.64. The van der Waals surface area contributed by atoms with E-state index in [4.69, 9.17) is 5.11 Å². The molecule has 0 aliphatic carbocycles. The van der Waals surface area contributed by atoms with Gasteiger partial charge in [0.25, 0.3) is 0 Å². The lowest BCUT2D eigenvalue weighted by Crippen LogP contribution is -2.26. The zero-order chi connectivity index (χ0) is 11.9. The van der Waals surface area contributed by atoms with Gasteiger partial charge in [-0.05, 0) is 24.5 Å². The second-order valence-corrected chi connectivity index (χ2v) is 5.36. The average Bonchev–Trinajstić information content (AvgIpc) is 2.28. The fraction of sp³-hybridized carbons (Fsp3) is 0.500. The third-order valence-corrected chi connectivity index (χ3v) is 3.45. The second kappa shape index (κ2) is 6.57. The molecule has 0 saturated heterocycles. The van der Waals surface area contributed by atoms with Crippen molar-refractivity contribution in [2.45, 2.75) is 19.4 Å². The van der Waals surface area contributed by atoms with Crippen LogP contribution in [0.1, 0.15) is 18.4 Å². The van der Waals surface area contributed by atoms with E-state index in [0.717, 1.165) is 5.56 Å². The molecule has 0 amide bonds. The third kappa shape index (κ3) is 5.20. The number of rotatable bonds is 7. The molecule has 2 N–H and O–H groups in total. The Morgan fingerprint density at radius 3 is 2.81 bits per heavy atom. The van der Waals surface area contributed by atoms with Crippen molar-refractivity contribution in [1.29, 1.82) is 0 Å². The fourth-order valence-electron chi connectivity index (χ4n) is 1.17. The molecule has 0 aromatic carbocycles. The van der Waals surface area contributed by atoms with Crippen molar-refractivity contribution in [3.8, 4) is 0 Å². The maximum absolute atomic E-state index is 11.5. The second-order valence-electron chi connectivity index (χ2n) is 3.43. The summed E-state index contributed by atoms with van der Waals surface area (Å²) in [6.45, 7) is 0.285. The molecule has 1 rings (SSSR count). The Hall–Kier alpha value is -0.980. The van der Waals surface area contributed by atoms with Gasteiger partial charge in [-0.3, -0.25) is 4.98 Å². The zero-order valence-corrected chi connectivity index (χ0v) is 9.78. The standard InChI is InChI=1S/C10H16N2O3S/c13-6-1-2-7-16(14,15)12-9-10-4-3-5-11-8-10/h3-5,8,12-13H,1-2,6-7,9H2. The van der Waals surface area contributed by atoms with Crippen LogP contribution in [0.15, 0.2) is 24.5 Å². The van der Waals surface area contributed by atoms with E-state index in [2.05, 4.69) is 9.71 Å². The van der Waals surface area contributed by atoms with Gasteiger partial charge in [0.1, 0.15) is 0 Å². The van der Waals surface area contributed by atoms with Gasteiger partial charge in [0.05, 0.1) is 5.75 Å². The van der Waals surface area contributed by atoms with Gasteiger partial charge in [0.15, 0.2) is 0 Å². The molecule has 90 valence electrons. The Kier molecular flexibility index (Phi) is 5.37. The molecule has 0 bridgehead atoms. The van der Waals surface area contributed by atoms with Crippen LogP contribution >= 0.6 is 0 Å². The largest absolute Gasteiger partial charge is 0.396 e. The van der Waals surface area contributed by atoms with Crippen LogP contribution in [0.3, 0.4) is 0 Å². The SMILES string of the molecule is O=S(=O)(CCCCO)NCc1cccnc1. The molecule has 0 aliphatic heterocycles. The summed E-state index contributed by atoms with van der Waals surface area (Å²) in [4.78, 5) is 3.89. The molecule has 0 atom stereocenters. The molecule has 1 heterocycles. The zero-order valence-electron chi connectivity index (χ0n) is 8.96. The molecule has 0 unspecified atom stereocenters. The molecule has 5 nitrogen and oxygen atoms in total. The Bertz CT molecular complexity index is 392. The minimum atomic E-state index is -3.24. The van der Waals surface area contributed by atoms with Crippen molar-refractivity contribution < 1.29 is 13.5 Å². The molecule has 0 aliphatic rings. The van der Waals surface area contributed by atoms with Crippen LogP contribution in [0, 0.1) is 0 Å². The van der Waals surface area contributed by atoms with Gasteiger partial charge in [-0.1, -0.05) is 6.07 Å². The van der Waals surface area contributed by atoms with E-state index in [1.165, 1.54) is 0 Å². The summed E-state index contributed by atoms with van der Waals surface area (Å²) in [6, 6.07) is 3.57. The lowest BCUT2D eigenvalue weighted by molar-refractivity contribution is 0.287. The van der Waals surface area contributed by atoms with Crippen molar-refractivity contribution in [2.75, 3.05) is 12.4 Å². The van der Waals surface area contributed by atoms with Crippen molar-refractivity contribution in [3.63, 3.8) is 0 Å². The van der Waals surface area contributed by atoms with Gasteiger partial charge in [0.2, 0.25) is 10.0 Å². The van der Waals surface area contributed by atoms with Gasteiger partial charge in [-0.15, -0.1) is 0 Å². The third-order valence-electron chi connectivity index (χ3n) is 2.04. The van der Waals surface area contributed by atoms with E-state index in [1.54, 1.807) is 18.5 Å². The van der Waals surface area contributed by atoms with Gasteiger partial charge >= 0.3 is 0 Å². The highest BCUT2D eigenvalue weighted by Crippen LogP contribution is 1.98. The van der Waals surface area contributed by atoms with E-state index in [-0.39, 0.29) is 18.9 Å². The number of nitrogens with one attached hydrogen (secondary N) is 1. The highest BCUT2D eigenvalue weighted by molar-refractivity contribution is 7.89. The van der Waals surface area contributed by atoms with Crippen LogP contribution in [-0.4, -0.2) is 30.9 Å². The van der Waals surface area contributed by atoms with Crippen molar-refractivity contribution in [1.82, 2.24) is 9.71 Å². The van der Waals surface area contributed by atoms with E-state index in [9.17, 15) is 8.42 Å². The van der Waals surface area contributed by atoms with E-state index in [0.29, 0.717) is 12.8 Å². The summed E-state index contributed by atoms with van der Waals surface area (Å²) in [5.74, 6) is 0.0494. The Morgan fingerprint density at radius 2 is 2.19 bits per heavy atom. The Morgan fingerprint density at radius 1 is 1.38 bits per heavy atom. The number of pyridine rings is 1. The van der Waals surface area contributed by atoms with Crippen LogP contribution in [0.2, 0.25) is 0 Å². The summed E-state index contributed by atoms with van der Waals surface area (Å²) in [7, 11) is -3.24. The Balaban J connectivity index is 2.36. The molecular weight excluding hydrogens is 228 g/mol. The van der Waals surface area contributed by atoms with Crippen LogP contribution in [0.25, 0.3) is 0 Å². The number of sulfonamides is 1. The van der Waals surface area contributed by atoms with Gasteiger partial charge in [-0.25, -0.2) is 13.1 Å². The predicted molar refractivity (Wildman–Crippen MR) is 61.2 cm³/mol. The summed E-state index contributed by atoms with van der Waals surface area (Å²) in [5, 5.41) is 8.55. The minimum Gasteiger partial charge on any atom is -0.396 e. The van der Waals surface area contributed by atoms with Gasteiger partial charge in [0, 0.05) is 25.5 Å². The van der Waals surface area contributed by atoms with Crippen LogP contribution in [0.5, 0.6) is 0 Å². The average molecular weight is 244 g/mol. The first-order valence-electron chi connectivity index (χ1n) is 5.11. The lowest BCUT2D eigenvalue weighted by Gasteiger charge is -2.05. The van der Waals surface area contributed by atoms with Crippen LogP contribution in [0.4, 0.5) is 0 Å². The highest BCUT2D eigenvalue weighted by Gasteiger charge is 2.08. The van der Waals surface area contributed by atoms with Crippen molar-refractivity contribution in [2.24, 2.45) is 0 Å². The van der Waals surface area contributed by atoms with Crippen LogP contribution < -0.4 is 4.72 Å². The Labute approximate surface area is 95.6 Å². The highest BCUT2D eigenvalue weighted by atomic mass is 32.2. The number of hydrogen-bond acceptors (Lipinski definition) is 4. The fourth-order valence-corrected chi connectivity index (χ4v) is 2.29. The maximum Gasteiger partial charge on any atom is 0.211 e. The molecule has 16 heavy (non-hydrogen) atoms. The predicted octanol–water partition coefficient (Wildman–Crippen LogP) is 0.273. The maximum atomic E-state index is 11.5. The quantitative estimate of drug-likeness (QED) is 0.675. The molecule has 0 spiro atoms. The van der Waals surface area contributed by atoms with Gasteiger partial charge in [-0.2, -0.15) is 0 Å². The summed E-state index contributed by atoms with van der Waals surface area (Å²) >= 11 is 0. The lowest BCUT2D eigenvalue weighted by atomic mass is 10.3. The first kappa shape index (κ1) is 13.1. The minimum absolute atomic E-state index is 0.0259. The normalized spacial score (nSPS) is 11.6. The molecule has 1 aromatic heterocycles. The molecule has 0 radical (unpaired) electrons. The topological polar surface area (TPSA) is 79.3 Å². The smallest absolute Gasteiger partial charge is 0.211 e. The van der Waals surface area contributed by atoms with Crippen LogP contribution in [-0.2, 0) is 16.6 Å². The van der Waals surface area contributed by atoms with E-state index < -0.39 is 10.0 Å². The van der Waals surface area contributed by atoms with Gasteiger partial charge < -0.3 is 5.11 Å². The molecule has 6 heteroatoms. The van der Waals surface area contributed by atoms with E-state index >= 15 is 0 Å². The van der Waals surface area contributed by atoms with E-state index in [1.807, 2.05) is 6.07 Å². The number of aliphatic hydroxyl groups excluding tert-OH is 1. The number of nitrogens with zero attached hydrogens (tertiary/aromatic N) is 1. The molecule has 1 aromatic rings. The number of aromatic nitrogens is 1. The monoisotopic (exact) mass is 244 g/mol. The summed E-state index contributed by atoms with van der Waals surface area (Å²) in [5.41, 5.74) is 0.827. The number of hydrogen-bond donors (Lipinski definition) is 2. The summed E-state index contributed by atoms with van der Waals surface area (Å²) < 4.78 is 25.4.